The van der Waals surface area contributed by atoms with E-state index in [1.54, 1.807) is 4.68 Å². The van der Waals surface area contributed by atoms with E-state index in [9.17, 15) is 9.90 Å². The molecule has 2 atom stereocenters. The second-order valence-electron chi connectivity index (χ2n) is 5.64. The summed E-state index contributed by atoms with van der Waals surface area (Å²) in [5.74, 6) is 0.110. The summed E-state index contributed by atoms with van der Waals surface area (Å²) in [5, 5.41) is 16.6. The van der Waals surface area contributed by atoms with Crippen LogP contribution in [0.3, 0.4) is 0 Å². The molecule has 4 N–H and O–H groups in total. The first-order chi connectivity index (χ1) is 9.52. The number of aromatic nitrogens is 2. The van der Waals surface area contributed by atoms with Crippen molar-refractivity contribution in [1.29, 1.82) is 0 Å². The zero-order chi connectivity index (χ0) is 14.7. The van der Waals surface area contributed by atoms with Gasteiger partial charge in [-0.3, -0.25) is 9.48 Å². The van der Waals surface area contributed by atoms with Crippen molar-refractivity contribution < 1.29 is 9.90 Å². The Morgan fingerprint density at radius 1 is 1.45 bits per heavy atom. The Morgan fingerprint density at radius 3 is 2.75 bits per heavy atom. The van der Waals surface area contributed by atoms with Gasteiger partial charge >= 0.3 is 0 Å². The van der Waals surface area contributed by atoms with E-state index in [0.29, 0.717) is 5.69 Å². The van der Waals surface area contributed by atoms with E-state index in [4.69, 9.17) is 5.73 Å². The van der Waals surface area contributed by atoms with Crippen LogP contribution >= 0.6 is 0 Å². The van der Waals surface area contributed by atoms with Crippen molar-refractivity contribution in [1.82, 2.24) is 15.1 Å². The molecule has 0 bridgehead atoms. The zero-order valence-corrected chi connectivity index (χ0v) is 12.2. The maximum Gasteiger partial charge on any atom is 0.241 e. The maximum absolute atomic E-state index is 12.1. The van der Waals surface area contributed by atoms with Crippen LogP contribution in [0.25, 0.3) is 0 Å². The van der Waals surface area contributed by atoms with Gasteiger partial charge in [-0.15, -0.1) is 0 Å². The lowest BCUT2D eigenvalue weighted by Gasteiger charge is -2.30. The first-order valence-electron chi connectivity index (χ1n) is 7.22. The van der Waals surface area contributed by atoms with Crippen LogP contribution in [0.4, 0.5) is 5.69 Å². The quantitative estimate of drug-likeness (QED) is 0.758. The number of nitrogens with one attached hydrogen (secondary N) is 1. The van der Waals surface area contributed by atoms with Gasteiger partial charge in [0.25, 0.3) is 0 Å². The van der Waals surface area contributed by atoms with Crippen LogP contribution in [-0.4, -0.2) is 33.4 Å². The fourth-order valence-electron chi connectivity index (χ4n) is 2.87. The number of hydrogen-bond donors (Lipinski definition) is 3. The van der Waals surface area contributed by atoms with Gasteiger partial charge in [-0.2, -0.15) is 5.10 Å². The van der Waals surface area contributed by atoms with Crippen molar-refractivity contribution in [3.05, 3.63) is 11.4 Å². The number of anilines is 1. The van der Waals surface area contributed by atoms with Crippen LogP contribution in [-0.2, 0) is 11.3 Å². The number of nitrogens with two attached hydrogens (primary N) is 1. The van der Waals surface area contributed by atoms with Crippen LogP contribution in [0.1, 0.15) is 37.1 Å². The average molecular weight is 280 g/mol. The van der Waals surface area contributed by atoms with Crippen LogP contribution in [0.15, 0.2) is 0 Å². The standard InChI is InChI=1S/C14H24N4O2/c1-9-14(15)10(2)18(17-9)7-13(20)16-12-6-4-3-5-11(12)8-19/h11-12,19H,3-8,15H2,1-2H3,(H,16,20). The van der Waals surface area contributed by atoms with Crippen LogP contribution in [0.2, 0.25) is 0 Å². The average Bonchev–Trinajstić information content (AvgIpc) is 2.67. The van der Waals surface area contributed by atoms with Crippen molar-refractivity contribution >= 4 is 11.6 Å². The Morgan fingerprint density at radius 2 is 2.15 bits per heavy atom. The molecule has 0 radical (unpaired) electrons. The molecule has 0 spiro atoms. The molecule has 1 aromatic heterocycles. The van der Waals surface area contributed by atoms with Crippen molar-refractivity contribution in [3.63, 3.8) is 0 Å². The number of aliphatic hydroxyl groups excluding tert-OH is 1. The second kappa shape index (κ2) is 6.26. The Bertz CT molecular complexity index is 484. The third kappa shape index (κ3) is 3.12. The van der Waals surface area contributed by atoms with Gasteiger partial charge < -0.3 is 16.2 Å². The van der Waals surface area contributed by atoms with Crippen molar-refractivity contribution in [2.45, 2.75) is 52.1 Å². The molecular weight excluding hydrogens is 256 g/mol. The highest BCUT2D eigenvalue weighted by molar-refractivity contribution is 5.76. The predicted octanol–water partition coefficient (Wildman–Crippen LogP) is 0.749. The molecule has 1 aromatic rings. The second-order valence-corrected chi connectivity index (χ2v) is 5.64. The molecule has 1 aliphatic carbocycles. The highest BCUT2D eigenvalue weighted by Crippen LogP contribution is 2.24. The maximum atomic E-state index is 12.1. The first-order valence-corrected chi connectivity index (χ1v) is 7.22. The summed E-state index contributed by atoms with van der Waals surface area (Å²) >= 11 is 0. The van der Waals surface area contributed by atoms with Crippen LogP contribution in [0.5, 0.6) is 0 Å². The molecule has 2 rings (SSSR count). The highest BCUT2D eigenvalue weighted by atomic mass is 16.3. The molecule has 0 aromatic carbocycles. The third-order valence-corrected chi connectivity index (χ3v) is 4.22. The number of rotatable bonds is 4. The fourth-order valence-corrected chi connectivity index (χ4v) is 2.87. The van der Waals surface area contributed by atoms with Crippen molar-refractivity contribution in [2.75, 3.05) is 12.3 Å². The minimum atomic E-state index is -0.0686. The molecule has 6 nitrogen and oxygen atoms in total. The summed E-state index contributed by atoms with van der Waals surface area (Å²) in [6.45, 7) is 4.01. The van der Waals surface area contributed by atoms with Gasteiger partial charge in [0.05, 0.1) is 17.1 Å². The van der Waals surface area contributed by atoms with E-state index in [1.807, 2.05) is 13.8 Å². The van der Waals surface area contributed by atoms with Gasteiger partial charge in [-0.25, -0.2) is 0 Å². The summed E-state index contributed by atoms with van der Waals surface area (Å²) in [6, 6.07) is 0.0792. The van der Waals surface area contributed by atoms with Gasteiger partial charge in [0.1, 0.15) is 6.54 Å². The number of hydrogen-bond acceptors (Lipinski definition) is 4. The Labute approximate surface area is 119 Å². The first kappa shape index (κ1) is 14.8. The van der Waals surface area contributed by atoms with Gasteiger partial charge in [0, 0.05) is 18.6 Å². The van der Waals surface area contributed by atoms with E-state index in [-0.39, 0.29) is 31.0 Å². The monoisotopic (exact) mass is 280 g/mol. The van der Waals surface area contributed by atoms with E-state index in [1.165, 1.54) is 0 Å². The lowest BCUT2D eigenvalue weighted by molar-refractivity contribution is -0.123. The lowest BCUT2D eigenvalue weighted by atomic mass is 9.85. The topological polar surface area (TPSA) is 93.2 Å². The predicted molar refractivity (Wildman–Crippen MR) is 77.1 cm³/mol. The normalized spacial score (nSPS) is 22.8. The van der Waals surface area contributed by atoms with E-state index in [0.717, 1.165) is 37.1 Å². The number of nitrogen functional groups attached to an aromatic ring is 1. The molecule has 2 unspecified atom stereocenters. The van der Waals surface area contributed by atoms with Gasteiger partial charge in [-0.05, 0) is 26.7 Å². The molecule has 1 saturated carbocycles. The molecule has 112 valence electrons. The minimum Gasteiger partial charge on any atom is -0.396 e. The lowest BCUT2D eigenvalue weighted by Crippen LogP contribution is -2.44. The third-order valence-electron chi connectivity index (χ3n) is 4.22. The number of carbonyl (C=O) groups excluding carboxylic acids is 1. The molecule has 0 saturated heterocycles. The molecule has 1 heterocycles. The summed E-state index contributed by atoms with van der Waals surface area (Å²) in [7, 11) is 0. The molecule has 0 aliphatic heterocycles. The van der Waals surface area contributed by atoms with Crippen molar-refractivity contribution in [3.8, 4) is 0 Å². The van der Waals surface area contributed by atoms with E-state index >= 15 is 0 Å². The Balaban J connectivity index is 1.96. The molecule has 6 heteroatoms. The van der Waals surface area contributed by atoms with Crippen LogP contribution in [0, 0.1) is 19.8 Å². The Kier molecular flexibility index (Phi) is 4.65. The molecule has 1 amide bonds. The SMILES string of the molecule is Cc1nn(CC(=O)NC2CCCCC2CO)c(C)c1N. The fraction of sp³-hybridized carbons (Fsp3) is 0.714. The summed E-state index contributed by atoms with van der Waals surface area (Å²) in [5.41, 5.74) is 8.07. The number of aryl methyl sites for hydroxylation is 1. The smallest absolute Gasteiger partial charge is 0.241 e. The van der Waals surface area contributed by atoms with E-state index < -0.39 is 0 Å². The summed E-state index contributed by atoms with van der Waals surface area (Å²) in [4.78, 5) is 12.1. The highest BCUT2D eigenvalue weighted by Gasteiger charge is 2.26. The minimum absolute atomic E-state index is 0.0686. The number of carbonyl (C=O) groups is 1. The Hall–Kier alpha value is -1.56. The van der Waals surface area contributed by atoms with Crippen LogP contribution < -0.4 is 11.1 Å². The number of nitrogens with zero attached hydrogens (tertiary/aromatic N) is 2. The molecule has 1 fully saturated rings. The molecule has 1 aliphatic rings. The van der Waals surface area contributed by atoms with Gasteiger partial charge in [0.15, 0.2) is 0 Å². The summed E-state index contributed by atoms with van der Waals surface area (Å²) in [6.07, 6.45) is 4.16. The van der Waals surface area contributed by atoms with E-state index in [2.05, 4.69) is 10.4 Å². The largest absolute Gasteiger partial charge is 0.396 e. The molecule has 20 heavy (non-hydrogen) atoms. The summed E-state index contributed by atoms with van der Waals surface area (Å²) < 4.78 is 1.64. The zero-order valence-electron chi connectivity index (χ0n) is 12.2. The van der Waals surface area contributed by atoms with Gasteiger partial charge in [0.2, 0.25) is 5.91 Å². The van der Waals surface area contributed by atoms with Gasteiger partial charge in [-0.1, -0.05) is 12.8 Å². The number of aliphatic hydroxyl groups is 1. The number of amides is 1. The molecular formula is C14H24N4O2. The van der Waals surface area contributed by atoms with Crippen molar-refractivity contribution in [2.24, 2.45) is 5.92 Å².